The van der Waals surface area contributed by atoms with Crippen molar-refractivity contribution in [2.75, 3.05) is 12.5 Å². The van der Waals surface area contributed by atoms with Crippen molar-refractivity contribution in [3.63, 3.8) is 0 Å². The molecule has 0 radical (unpaired) electrons. The summed E-state index contributed by atoms with van der Waals surface area (Å²) >= 11 is -0.327. The molecule has 0 bridgehead atoms. The molecule has 0 heterocycles. The lowest BCUT2D eigenvalue weighted by molar-refractivity contribution is 2.33. The van der Waals surface area contributed by atoms with Crippen molar-refractivity contribution in [1.29, 1.82) is 0 Å². The van der Waals surface area contributed by atoms with Crippen LogP contribution in [0.2, 0.25) is 5.79 Å². The van der Waals surface area contributed by atoms with Crippen molar-refractivity contribution in [1.82, 2.24) is 0 Å². The second kappa shape index (κ2) is 4.39. The lowest BCUT2D eigenvalue weighted by atomic mass is 11.9. The standard InChI is InChI=1S/2CH4S.CH3.Al/c2*1-2;;/h2*2H,1H3;1H3;/q;;;+2/p-2. The zero-order valence-corrected chi connectivity index (χ0v) is 7.18. The molecule has 0 nitrogen and oxygen atoms in total. The molecule has 6 heavy (non-hydrogen) atoms. The van der Waals surface area contributed by atoms with Crippen LogP contribution in [-0.2, 0) is 0 Å². The Balaban J connectivity index is 2.75. The maximum atomic E-state index is 2.34. The summed E-state index contributed by atoms with van der Waals surface area (Å²) in [7, 11) is 4.05. The molecule has 3 heteroatoms. The fourth-order valence-electron chi connectivity index (χ4n) is 0.0962. The molecule has 0 aliphatic carbocycles. The maximum Gasteiger partial charge on any atom is 0.426 e. The summed E-state index contributed by atoms with van der Waals surface area (Å²) in [6, 6.07) is 0. The van der Waals surface area contributed by atoms with E-state index in [-0.39, 0.29) is 11.9 Å². The van der Waals surface area contributed by atoms with Gasteiger partial charge in [-0.1, -0.05) is 5.79 Å². The molecule has 0 aliphatic heterocycles. The van der Waals surface area contributed by atoms with Crippen LogP contribution in [0.3, 0.4) is 0 Å². The first-order valence-corrected chi connectivity index (χ1v) is 8.42. The molecule has 0 spiro atoms. The van der Waals surface area contributed by atoms with Gasteiger partial charge in [-0.15, -0.1) is 0 Å². The predicted octanol–water partition coefficient (Wildman–Crippen LogP) is 1.83. The van der Waals surface area contributed by atoms with Gasteiger partial charge in [0, 0.05) is 0 Å². The molecule has 0 unspecified atom stereocenters. The number of hydrogen-bond donors (Lipinski definition) is 0. The smallest absolute Gasteiger partial charge is 0.245 e. The van der Waals surface area contributed by atoms with Crippen molar-refractivity contribution >= 4 is 32.1 Å². The zero-order valence-electron chi connectivity index (χ0n) is 4.39. The van der Waals surface area contributed by atoms with Gasteiger partial charge in [0.25, 0.3) is 0 Å². The first-order chi connectivity index (χ1) is 2.81. The summed E-state index contributed by atoms with van der Waals surface area (Å²) in [5.41, 5.74) is 0. The van der Waals surface area contributed by atoms with Crippen LogP contribution in [0, 0.1) is 0 Å². The maximum absolute atomic E-state index is 2.34. The molecule has 0 aromatic carbocycles. The van der Waals surface area contributed by atoms with Gasteiger partial charge in [0.1, 0.15) is 0 Å². The summed E-state index contributed by atoms with van der Waals surface area (Å²) in [5, 5.41) is 0. The van der Waals surface area contributed by atoms with E-state index in [1.807, 2.05) is 20.3 Å². The molecule has 0 saturated carbocycles. The second-order valence-corrected chi connectivity index (χ2v) is 11.1. The van der Waals surface area contributed by atoms with E-state index in [0.717, 1.165) is 0 Å². The van der Waals surface area contributed by atoms with E-state index in [0.29, 0.717) is 0 Å². The minimum Gasteiger partial charge on any atom is -0.245 e. The Morgan fingerprint density at radius 2 is 1.50 bits per heavy atom. The van der Waals surface area contributed by atoms with Crippen molar-refractivity contribution in [2.24, 2.45) is 0 Å². The number of hydrogen-bond acceptors (Lipinski definition) is 2. The molecule has 0 N–H and O–H groups in total. The lowest BCUT2D eigenvalue weighted by Crippen LogP contribution is -1.89. The molecular weight excluding hydrogens is 127 g/mol. The Hall–Kier alpha value is 1.23. The molecule has 0 aromatic rings. The third-order valence-electron chi connectivity index (χ3n) is 0.664. The van der Waals surface area contributed by atoms with E-state index in [1.54, 1.807) is 0 Å². The predicted molar refractivity (Wildman–Crippen MR) is 38.6 cm³/mol. The Labute approximate surface area is 50.5 Å². The van der Waals surface area contributed by atoms with E-state index in [1.165, 1.54) is 0 Å². The highest BCUT2D eigenvalue weighted by atomic mass is 32.5. The molecule has 0 rings (SSSR count). The fourth-order valence-corrected chi connectivity index (χ4v) is 2.60. The van der Waals surface area contributed by atoms with Crippen LogP contribution in [0.25, 0.3) is 0 Å². The molecule has 0 aliphatic rings. The van der Waals surface area contributed by atoms with Crippen LogP contribution in [0.1, 0.15) is 0 Å². The monoisotopic (exact) mass is 136 g/mol. The third-order valence-corrected chi connectivity index (χ3v) is 9.44. The minimum absolute atomic E-state index is 0.327. The van der Waals surface area contributed by atoms with Gasteiger partial charge >= 0.3 is 11.9 Å². The first kappa shape index (κ1) is 7.23. The summed E-state index contributed by atoms with van der Waals surface area (Å²) < 4.78 is 0. The zero-order chi connectivity index (χ0) is 4.99. The van der Waals surface area contributed by atoms with Crippen molar-refractivity contribution in [3.8, 4) is 0 Å². The quantitative estimate of drug-likeness (QED) is 0.531. The second-order valence-electron chi connectivity index (χ2n) is 1.04. The average Bonchev–Trinajstić information content (AvgIpc) is 1.65. The summed E-state index contributed by atoms with van der Waals surface area (Å²) in [4.78, 5) is 0. The van der Waals surface area contributed by atoms with E-state index < -0.39 is 0 Å². The highest BCUT2D eigenvalue weighted by Crippen LogP contribution is 2.11. The normalized spacial score (nSPS) is 8.50. The largest absolute Gasteiger partial charge is 0.426 e. The van der Waals surface area contributed by atoms with Gasteiger partial charge in [0.2, 0.25) is 0 Å². The number of rotatable bonds is 2. The highest BCUT2D eigenvalue weighted by Gasteiger charge is 2.02. The summed E-state index contributed by atoms with van der Waals surface area (Å²) in [6.07, 6.45) is 4.38. The van der Waals surface area contributed by atoms with Crippen molar-refractivity contribution in [2.45, 2.75) is 5.79 Å². The molecule has 0 saturated heterocycles. The fraction of sp³-hybridized carbons (Fsp3) is 1.00. The van der Waals surface area contributed by atoms with E-state index in [9.17, 15) is 0 Å². The van der Waals surface area contributed by atoms with Gasteiger partial charge in [-0.25, -0.2) is 20.3 Å². The van der Waals surface area contributed by atoms with Crippen molar-refractivity contribution in [3.05, 3.63) is 0 Å². The van der Waals surface area contributed by atoms with Gasteiger partial charge in [0.05, 0.1) is 0 Å². The molecule has 0 amide bonds. The minimum atomic E-state index is -0.327. The van der Waals surface area contributed by atoms with Gasteiger partial charge in [0.15, 0.2) is 0 Å². The van der Waals surface area contributed by atoms with E-state index >= 15 is 0 Å². The lowest BCUT2D eigenvalue weighted by Gasteiger charge is -1.90. The van der Waals surface area contributed by atoms with E-state index in [4.69, 9.17) is 0 Å². The van der Waals surface area contributed by atoms with Crippen molar-refractivity contribution < 1.29 is 0 Å². The SMILES string of the molecule is C[S][Al]([CH3])[S]C. The van der Waals surface area contributed by atoms with Crippen LogP contribution in [0.15, 0.2) is 0 Å². The molecule has 0 atom stereocenters. The van der Waals surface area contributed by atoms with Crippen LogP contribution < -0.4 is 0 Å². The van der Waals surface area contributed by atoms with Crippen LogP contribution in [-0.4, -0.2) is 24.4 Å². The van der Waals surface area contributed by atoms with Crippen LogP contribution >= 0.6 is 20.3 Å². The summed E-state index contributed by atoms with van der Waals surface area (Å²) in [6.45, 7) is 0. The molecule has 0 aromatic heterocycles. The third kappa shape index (κ3) is 3.42. The Morgan fingerprint density at radius 3 is 1.50 bits per heavy atom. The Bertz CT molecular complexity index is 28.0. The highest BCUT2D eigenvalue weighted by molar-refractivity contribution is 8.53. The van der Waals surface area contributed by atoms with Gasteiger partial charge in [-0.2, -0.15) is 0 Å². The van der Waals surface area contributed by atoms with Gasteiger partial charge in [-0.05, 0) is 12.5 Å². The van der Waals surface area contributed by atoms with Crippen LogP contribution in [0.5, 0.6) is 0 Å². The van der Waals surface area contributed by atoms with E-state index in [2.05, 4.69) is 18.3 Å². The average molecular weight is 136 g/mol. The first-order valence-electron chi connectivity index (χ1n) is 1.87. The molecule has 36 valence electrons. The molecular formula is C3H9AlS2. The topological polar surface area (TPSA) is 0 Å². The summed E-state index contributed by atoms with van der Waals surface area (Å²) in [5.74, 6) is 2.34. The van der Waals surface area contributed by atoms with Gasteiger partial charge in [-0.3, -0.25) is 0 Å². The Morgan fingerprint density at radius 1 is 1.17 bits per heavy atom. The molecule has 0 fully saturated rings. The van der Waals surface area contributed by atoms with Crippen LogP contribution in [0.4, 0.5) is 0 Å². The van der Waals surface area contributed by atoms with Gasteiger partial charge < -0.3 is 0 Å². The Kier molecular flexibility index (Phi) is 5.30.